The minimum atomic E-state index is -0.409. The fourth-order valence-electron chi connectivity index (χ4n) is 3.28. The van der Waals surface area contributed by atoms with E-state index < -0.39 is 6.04 Å². The highest BCUT2D eigenvalue weighted by Gasteiger charge is 2.22. The largest absolute Gasteiger partial charge is 0.355 e. The molecule has 4 aromatic rings. The zero-order valence-electron chi connectivity index (χ0n) is 16.5. The molecule has 30 heavy (non-hydrogen) atoms. The number of aryl methyl sites for hydroxylation is 1. The van der Waals surface area contributed by atoms with E-state index in [9.17, 15) is 4.79 Å². The van der Waals surface area contributed by atoms with Crippen molar-refractivity contribution >= 4 is 17.5 Å². The molecule has 8 heteroatoms. The molecule has 0 bridgehead atoms. The van der Waals surface area contributed by atoms with Gasteiger partial charge in [0.15, 0.2) is 11.5 Å². The highest BCUT2D eigenvalue weighted by molar-refractivity contribution is 6.30. The summed E-state index contributed by atoms with van der Waals surface area (Å²) in [6, 6.07) is 12.3. The number of carbonyl (C=O) groups excluding carboxylic acids is 1. The molecule has 3 aromatic heterocycles. The average Bonchev–Trinajstić information content (AvgIpc) is 3.40. The van der Waals surface area contributed by atoms with Gasteiger partial charge in [0.1, 0.15) is 0 Å². The molecule has 1 amide bonds. The molecule has 4 rings (SSSR count). The lowest BCUT2D eigenvalue weighted by atomic mass is 10.00. The van der Waals surface area contributed by atoms with Gasteiger partial charge < -0.3 is 9.84 Å². The van der Waals surface area contributed by atoms with Gasteiger partial charge in [-0.3, -0.25) is 14.5 Å². The summed E-state index contributed by atoms with van der Waals surface area (Å²) in [7, 11) is 0. The standard InChI is InChI=1S/C22H20ClN5O2/c1-3-28-14(2)18(13-25-28)20-11-19(27-30-20)22(29)26-21(16-5-4-10-24-12-16)15-6-8-17(23)9-7-15/h4-13,21H,3H2,1-2H3,(H,26,29)/t21-/m1/s1. The summed E-state index contributed by atoms with van der Waals surface area (Å²) in [5.74, 6) is 0.149. The molecule has 152 valence electrons. The predicted octanol–water partition coefficient (Wildman–Crippen LogP) is 4.43. The van der Waals surface area contributed by atoms with E-state index in [0.717, 1.165) is 28.9 Å². The van der Waals surface area contributed by atoms with E-state index in [1.165, 1.54) is 0 Å². The van der Waals surface area contributed by atoms with Gasteiger partial charge in [-0.05, 0) is 43.2 Å². The molecular weight excluding hydrogens is 402 g/mol. The molecule has 1 aromatic carbocycles. The lowest BCUT2D eigenvalue weighted by molar-refractivity contribution is 0.0934. The van der Waals surface area contributed by atoms with Crippen molar-refractivity contribution in [3.05, 3.63) is 88.6 Å². The van der Waals surface area contributed by atoms with Crippen LogP contribution < -0.4 is 5.32 Å². The molecule has 0 unspecified atom stereocenters. The van der Waals surface area contributed by atoms with Crippen molar-refractivity contribution in [2.24, 2.45) is 0 Å². The SMILES string of the molecule is CCn1ncc(-c2cc(C(=O)N[C@H](c3ccc(Cl)cc3)c3cccnc3)no2)c1C. The van der Waals surface area contributed by atoms with Crippen LogP contribution in [0.5, 0.6) is 0 Å². The monoisotopic (exact) mass is 421 g/mol. The molecule has 1 N–H and O–H groups in total. The number of aromatic nitrogens is 4. The van der Waals surface area contributed by atoms with Crippen LogP contribution in [0.3, 0.4) is 0 Å². The first-order chi connectivity index (χ1) is 14.6. The van der Waals surface area contributed by atoms with Gasteiger partial charge in [0, 0.05) is 35.7 Å². The number of carbonyl (C=O) groups is 1. The van der Waals surface area contributed by atoms with Gasteiger partial charge in [0.2, 0.25) is 0 Å². The third kappa shape index (κ3) is 3.97. The number of pyridine rings is 1. The second kappa shape index (κ2) is 8.51. The Hall–Kier alpha value is -3.45. The van der Waals surface area contributed by atoms with Crippen molar-refractivity contribution in [2.45, 2.75) is 26.4 Å². The van der Waals surface area contributed by atoms with Crippen molar-refractivity contribution in [3.63, 3.8) is 0 Å². The summed E-state index contributed by atoms with van der Waals surface area (Å²) >= 11 is 6.02. The van der Waals surface area contributed by atoms with E-state index in [4.69, 9.17) is 16.1 Å². The molecule has 0 aliphatic heterocycles. The van der Waals surface area contributed by atoms with Crippen LogP contribution in [-0.4, -0.2) is 25.8 Å². The molecule has 0 saturated heterocycles. The Labute approximate surface area is 178 Å². The number of halogens is 1. The van der Waals surface area contributed by atoms with Gasteiger partial charge in [0.25, 0.3) is 5.91 Å². The summed E-state index contributed by atoms with van der Waals surface area (Å²) in [6.07, 6.45) is 5.12. The third-order valence-corrected chi connectivity index (χ3v) is 5.16. The van der Waals surface area contributed by atoms with Crippen LogP contribution in [0.15, 0.2) is 65.6 Å². The fraction of sp³-hybridized carbons (Fsp3) is 0.182. The molecule has 0 aliphatic carbocycles. The van der Waals surface area contributed by atoms with Gasteiger partial charge in [0.05, 0.1) is 17.8 Å². The Kier molecular flexibility index (Phi) is 5.63. The lowest BCUT2D eigenvalue weighted by Gasteiger charge is -2.19. The highest BCUT2D eigenvalue weighted by atomic mass is 35.5. The van der Waals surface area contributed by atoms with Gasteiger partial charge in [-0.15, -0.1) is 0 Å². The molecule has 0 saturated carbocycles. The summed E-state index contributed by atoms with van der Waals surface area (Å²) in [6.45, 7) is 4.71. The number of hydrogen-bond donors (Lipinski definition) is 1. The van der Waals surface area contributed by atoms with Crippen LogP contribution in [0, 0.1) is 6.92 Å². The maximum Gasteiger partial charge on any atom is 0.274 e. The summed E-state index contributed by atoms with van der Waals surface area (Å²) in [5, 5.41) is 11.9. The van der Waals surface area contributed by atoms with Crippen molar-refractivity contribution < 1.29 is 9.32 Å². The van der Waals surface area contributed by atoms with Gasteiger partial charge in [-0.25, -0.2) is 0 Å². The molecule has 7 nitrogen and oxygen atoms in total. The Morgan fingerprint density at radius 1 is 1.20 bits per heavy atom. The summed E-state index contributed by atoms with van der Waals surface area (Å²) in [5.41, 5.74) is 3.68. The first-order valence-corrected chi connectivity index (χ1v) is 9.90. The topological polar surface area (TPSA) is 85.8 Å². The normalized spacial score (nSPS) is 12.0. The quantitative estimate of drug-likeness (QED) is 0.497. The Morgan fingerprint density at radius 3 is 2.67 bits per heavy atom. The summed E-state index contributed by atoms with van der Waals surface area (Å²) in [4.78, 5) is 17.1. The molecule has 0 fully saturated rings. The third-order valence-electron chi connectivity index (χ3n) is 4.91. The van der Waals surface area contributed by atoms with Gasteiger partial charge >= 0.3 is 0 Å². The Balaban J connectivity index is 1.61. The molecule has 1 atom stereocenters. The summed E-state index contributed by atoms with van der Waals surface area (Å²) < 4.78 is 7.28. The van der Waals surface area contributed by atoms with Gasteiger partial charge in [-0.1, -0.05) is 35.0 Å². The lowest BCUT2D eigenvalue weighted by Crippen LogP contribution is -2.29. The van der Waals surface area contributed by atoms with Gasteiger partial charge in [-0.2, -0.15) is 5.10 Å². The van der Waals surface area contributed by atoms with Crippen LogP contribution in [0.4, 0.5) is 0 Å². The number of rotatable bonds is 6. The molecular formula is C22H20ClN5O2. The second-order valence-corrected chi connectivity index (χ2v) is 7.22. The first kappa shape index (κ1) is 19.8. The maximum absolute atomic E-state index is 13.0. The predicted molar refractivity (Wildman–Crippen MR) is 113 cm³/mol. The van der Waals surface area contributed by atoms with E-state index in [-0.39, 0.29) is 11.6 Å². The van der Waals surface area contributed by atoms with E-state index in [2.05, 4.69) is 20.6 Å². The molecule has 0 spiro atoms. The Bertz CT molecular complexity index is 1150. The van der Waals surface area contributed by atoms with Crippen LogP contribution in [0.25, 0.3) is 11.3 Å². The van der Waals surface area contributed by atoms with Crippen molar-refractivity contribution in [2.75, 3.05) is 0 Å². The van der Waals surface area contributed by atoms with Crippen LogP contribution >= 0.6 is 11.6 Å². The van der Waals surface area contributed by atoms with E-state index in [1.54, 1.807) is 36.8 Å². The number of benzene rings is 1. The van der Waals surface area contributed by atoms with Crippen molar-refractivity contribution in [3.8, 4) is 11.3 Å². The van der Waals surface area contributed by atoms with Crippen molar-refractivity contribution in [1.82, 2.24) is 25.2 Å². The fourth-order valence-corrected chi connectivity index (χ4v) is 3.41. The molecule has 3 heterocycles. The van der Waals surface area contributed by atoms with E-state index in [1.807, 2.05) is 42.8 Å². The van der Waals surface area contributed by atoms with Crippen LogP contribution in [-0.2, 0) is 6.54 Å². The molecule has 0 radical (unpaired) electrons. The maximum atomic E-state index is 13.0. The van der Waals surface area contributed by atoms with Crippen molar-refractivity contribution in [1.29, 1.82) is 0 Å². The van der Waals surface area contributed by atoms with E-state index in [0.29, 0.717) is 10.8 Å². The van der Waals surface area contributed by atoms with Crippen LogP contribution in [0.2, 0.25) is 5.02 Å². The average molecular weight is 422 g/mol. The highest BCUT2D eigenvalue weighted by Crippen LogP contribution is 2.26. The zero-order valence-corrected chi connectivity index (χ0v) is 17.3. The van der Waals surface area contributed by atoms with Crippen LogP contribution in [0.1, 0.15) is 40.3 Å². The number of hydrogen-bond acceptors (Lipinski definition) is 5. The Morgan fingerprint density at radius 2 is 2.00 bits per heavy atom. The molecule has 0 aliphatic rings. The van der Waals surface area contributed by atoms with E-state index >= 15 is 0 Å². The number of amides is 1. The zero-order chi connectivity index (χ0) is 21.1. The number of nitrogens with zero attached hydrogens (tertiary/aromatic N) is 4. The minimum Gasteiger partial charge on any atom is -0.355 e. The number of nitrogens with one attached hydrogen (secondary N) is 1. The second-order valence-electron chi connectivity index (χ2n) is 6.78. The minimum absolute atomic E-state index is 0.191. The first-order valence-electron chi connectivity index (χ1n) is 9.52. The smallest absolute Gasteiger partial charge is 0.274 e.